The molecule has 0 unspecified atom stereocenters. The van der Waals surface area contributed by atoms with Crippen LogP contribution in [0.1, 0.15) is 0 Å². The molecule has 166 valence electrons. The first-order valence-electron chi connectivity index (χ1n) is 5.65. The first-order valence-corrected chi connectivity index (χ1v) is 5.65. The maximum atomic E-state index is 13.0. The number of halogens is 18. The van der Waals surface area contributed by atoms with Gasteiger partial charge in [-0.25, -0.2) is 0 Å². The first-order chi connectivity index (χ1) is 12.0. The maximum Gasteiger partial charge on any atom is 0.385 e. The molecular weight excluding hydrogens is 462 g/mol. The molecule has 0 nitrogen and oxygen atoms in total. The Morgan fingerprint density at radius 3 is 0.643 bits per heavy atom. The highest BCUT2D eigenvalue weighted by Gasteiger charge is 2.91. The minimum Gasteiger partial charge on any atom is -0.199 e. The Bertz CT molecular complexity index is 600. The third-order valence-electron chi connectivity index (χ3n) is 2.85. The van der Waals surface area contributed by atoms with Gasteiger partial charge < -0.3 is 0 Å². The van der Waals surface area contributed by atoms with Gasteiger partial charge in [0.25, 0.3) is 0 Å². The second-order valence-corrected chi connectivity index (χ2v) is 4.60. The van der Waals surface area contributed by atoms with Gasteiger partial charge in [0.1, 0.15) is 0 Å². The molecule has 0 spiro atoms. The molecule has 0 atom stereocenters. The summed E-state index contributed by atoms with van der Waals surface area (Å²) in [5.41, 5.74) is 0. The van der Waals surface area contributed by atoms with Gasteiger partial charge >= 0.3 is 47.7 Å². The monoisotopic (exact) mass is 462 g/mol. The average Bonchev–Trinajstić information content (AvgIpc) is 2.51. The van der Waals surface area contributed by atoms with E-state index in [9.17, 15) is 79.0 Å². The second kappa shape index (κ2) is 6.93. The Morgan fingerprint density at radius 1 is 0.321 bits per heavy atom. The number of hydrogen-bond donors (Lipinski definition) is 0. The van der Waals surface area contributed by atoms with Crippen molar-refractivity contribution in [2.45, 2.75) is 35.5 Å². The van der Waals surface area contributed by atoms with E-state index in [1.54, 1.807) is 0 Å². The molecule has 0 aromatic rings. The minimum absolute atomic E-state index is 4.52. The third kappa shape index (κ3) is 3.27. The Morgan fingerprint density at radius 2 is 0.500 bits per heavy atom. The van der Waals surface area contributed by atoms with Crippen LogP contribution in [0.5, 0.6) is 0 Å². The van der Waals surface area contributed by atoms with Crippen molar-refractivity contribution in [1.29, 1.82) is 0 Å². The van der Waals surface area contributed by atoms with Crippen molar-refractivity contribution in [3.63, 3.8) is 0 Å². The van der Waals surface area contributed by atoms with Crippen LogP contribution in [-0.4, -0.2) is 35.5 Å². The fraction of sp³-hybridized carbons (Fsp3) is 0.600. The van der Waals surface area contributed by atoms with Crippen LogP contribution in [0.15, 0.2) is 23.8 Å². The summed E-state index contributed by atoms with van der Waals surface area (Å²) in [6.45, 7) is 0. The lowest BCUT2D eigenvalue weighted by Gasteiger charge is -2.40. The van der Waals surface area contributed by atoms with Crippen molar-refractivity contribution >= 4 is 0 Å². The van der Waals surface area contributed by atoms with Crippen LogP contribution in [0.4, 0.5) is 79.0 Å². The molecule has 0 rings (SSSR count). The van der Waals surface area contributed by atoms with E-state index in [1.165, 1.54) is 0 Å². The molecule has 0 radical (unpaired) electrons. The summed E-state index contributed by atoms with van der Waals surface area (Å²) in [5.74, 6) is -58.7. The van der Waals surface area contributed by atoms with Crippen LogP contribution < -0.4 is 0 Å². The molecule has 18 heteroatoms. The summed E-state index contributed by atoms with van der Waals surface area (Å²) in [6.07, 6.45) is -9.04. The highest BCUT2D eigenvalue weighted by atomic mass is 19.4. The lowest BCUT2D eigenvalue weighted by Crippen LogP contribution is -2.70. The van der Waals surface area contributed by atoms with Crippen molar-refractivity contribution in [2.75, 3.05) is 0 Å². The minimum atomic E-state index is -8.53. The van der Waals surface area contributed by atoms with Gasteiger partial charge in [-0.3, -0.25) is 0 Å². The molecule has 28 heavy (non-hydrogen) atoms. The third-order valence-corrected chi connectivity index (χ3v) is 2.85. The Hall–Kier alpha value is -1.78. The fourth-order valence-electron chi connectivity index (χ4n) is 1.30. The van der Waals surface area contributed by atoms with Gasteiger partial charge in [0.05, 0.1) is 0 Å². The van der Waals surface area contributed by atoms with E-state index >= 15 is 0 Å². The van der Waals surface area contributed by atoms with Gasteiger partial charge in [0.15, 0.2) is 0 Å². The van der Waals surface area contributed by atoms with E-state index in [4.69, 9.17) is 0 Å². The molecule has 0 heterocycles. The van der Waals surface area contributed by atoms with Gasteiger partial charge in [0, 0.05) is 0 Å². The number of alkyl halides is 12. The first kappa shape index (κ1) is 26.2. The van der Waals surface area contributed by atoms with Crippen molar-refractivity contribution in [1.82, 2.24) is 0 Å². The summed E-state index contributed by atoms with van der Waals surface area (Å²) < 4.78 is 226. The van der Waals surface area contributed by atoms with Crippen LogP contribution in [0.2, 0.25) is 0 Å². The maximum absolute atomic E-state index is 13.0. The molecule has 0 amide bonds. The van der Waals surface area contributed by atoms with E-state index < -0.39 is 59.4 Å². The molecule has 0 aliphatic heterocycles. The van der Waals surface area contributed by atoms with Crippen LogP contribution >= 0.6 is 0 Å². The van der Waals surface area contributed by atoms with Crippen molar-refractivity contribution < 1.29 is 79.0 Å². The summed E-state index contributed by atoms with van der Waals surface area (Å²) in [5, 5.41) is 0. The standard InChI is InChI=1S/C10F18/c11-1(3(13)14)5(17,18)7(21,22)9(25,26)10(27,28)8(23,24)6(19,20)2(12)4(15)16. The second-order valence-electron chi connectivity index (χ2n) is 4.60. The zero-order chi connectivity index (χ0) is 23.3. The quantitative estimate of drug-likeness (QED) is 0.360. The van der Waals surface area contributed by atoms with Crippen LogP contribution in [0.25, 0.3) is 0 Å². The molecule has 0 aliphatic rings. The summed E-state index contributed by atoms with van der Waals surface area (Å²) in [4.78, 5) is 0. The van der Waals surface area contributed by atoms with E-state index in [-0.39, 0.29) is 0 Å². The van der Waals surface area contributed by atoms with Gasteiger partial charge in [-0.15, -0.1) is 0 Å². The van der Waals surface area contributed by atoms with Crippen LogP contribution in [0, 0.1) is 0 Å². The normalized spacial score (nSPS) is 14.8. The lowest BCUT2D eigenvalue weighted by atomic mass is 9.90. The predicted molar refractivity (Wildman–Crippen MR) is 50.4 cm³/mol. The van der Waals surface area contributed by atoms with Crippen molar-refractivity contribution in [3.8, 4) is 0 Å². The number of allylic oxidation sites excluding steroid dienone is 2. The van der Waals surface area contributed by atoms with Crippen LogP contribution in [0.3, 0.4) is 0 Å². The zero-order valence-electron chi connectivity index (χ0n) is 11.8. The van der Waals surface area contributed by atoms with Gasteiger partial charge in [-0.1, -0.05) is 0 Å². The lowest BCUT2D eigenvalue weighted by molar-refractivity contribution is -0.419. The highest BCUT2D eigenvalue weighted by molar-refractivity contribution is 5.22. The molecule has 0 bridgehead atoms. The Labute approximate surface area is 140 Å². The van der Waals surface area contributed by atoms with Crippen molar-refractivity contribution in [3.05, 3.63) is 23.8 Å². The highest BCUT2D eigenvalue weighted by Crippen LogP contribution is 2.62. The predicted octanol–water partition coefficient (Wildman–Crippen LogP) is 6.95. The van der Waals surface area contributed by atoms with Gasteiger partial charge in [-0.05, 0) is 0 Å². The Kier molecular flexibility index (Phi) is 6.48. The number of hydrogen-bond acceptors (Lipinski definition) is 0. The topological polar surface area (TPSA) is 0 Å². The summed E-state index contributed by atoms with van der Waals surface area (Å²) in [7, 11) is 0. The van der Waals surface area contributed by atoms with Crippen LogP contribution in [-0.2, 0) is 0 Å². The smallest absolute Gasteiger partial charge is 0.199 e. The zero-order valence-corrected chi connectivity index (χ0v) is 11.8. The molecule has 0 aliphatic carbocycles. The van der Waals surface area contributed by atoms with Crippen molar-refractivity contribution in [2.24, 2.45) is 0 Å². The molecular formula is C10F18. The molecule has 0 fully saturated rings. The Balaban J connectivity index is 6.78. The van der Waals surface area contributed by atoms with E-state index in [1.807, 2.05) is 0 Å². The van der Waals surface area contributed by atoms with E-state index in [2.05, 4.69) is 0 Å². The summed E-state index contributed by atoms with van der Waals surface area (Å²) in [6, 6.07) is 0. The molecule has 0 aromatic carbocycles. The molecule has 0 saturated heterocycles. The average molecular weight is 462 g/mol. The number of rotatable bonds is 7. The molecule has 0 saturated carbocycles. The largest absolute Gasteiger partial charge is 0.385 e. The summed E-state index contributed by atoms with van der Waals surface area (Å²) >= 11 is 0. The molecule has 0 aromatic heterocycles. The SMILES string of the molecule is FC(F)=C(F)C(F)(F)C(F)(F)C(F)(F)C(F)(F)C(F)(F)C(F)(F)C(F)=C(F)F. The van der Waals surface area contributed by atoms with E-state index in [0.717, 1.165) is 0 Å². The van der Waals surface area contributed by atoms with E-state index in [0.29, 0.717) is 0 Å². The fourth-order valence-corrected chi connectivity index (χ4v) is 1.30. The van der Waals surface area contributed by atoms with Gasteiger partial charge in [-0.2, -0.15) is 79.0 Å². The van der Waals surface area contributed by atoms with Gasteiger partial charge in [0.2, 0.25) is 11.7 Å². The molecule has 0 N–H and O–H groups in total.